The minimum Gasteiger partial charge on any atom is -0.497 e. The van der Waals surface area contributed by atoms with Gasteiger partial charge in [0.15, 0.2) is 0 Å². The van der Waals surface area contributed by atoms with E-state index < -0.39 is 0 Å². The normalized spacial score (nSPS) is 18.5. The van der Waals surface area contributed by atoms with Gasteiger partial charge in [0.25, 0.3) is 5.91 Å². The zero-order chi connectivity index (χ0) is 21.8. The molecule has 1 saturated heterocycles. The van der Waals surface area contributed by atoms with Gasteiger partial charge in [-0.15, -0.1) is 0 Å². The Hall–Kier alpha value is -3.39. The van der Waals surface area contributed by atoms with Gasteiger partial charge in [-0.05, 0) is 65.0 Å². The topological polar surface area (TPSA) is 104 Å². The summed E-state index contributed by atoms with van der Waals surface area (Å²) < 4.78 is 15.9. The summed E-state index contributed by atoms with van der Waals surface area (Å²) in [6.45, 7) is 3.04. The molecule has 8 heteroatoms. The van der Waals surface area contributed by atoms with E-state index in [-0.39, 0.29) is 29.6 Å². The predicted octanol–water partition coefficient (Wildman–Crippen LogP) is 3.71. The summed E-state index contributed by atoms with van der Waals surface area (Å²) in [5, 5.41) is 7.19. The molecule has 4 rings (SSSR count). The summed E-state index contributed by atoms with van der Waals surface area (Å²) >= 11 is 0. The minimum atomic E-state index is -0.265. The Labute approximate surface area is 180 Å². The molecular weight excluding hydrogens is 396 g/mol. The number of aromatic nitrogens is 2. The Morgan fingerprint density at radius 1 is 1.19 bits per heavy atom. The summed E-state index contributed by atoms with van der Waals surface area (Å²) in [6, 6.07) is 16.3. The average molecular weight is 422 g/mol. The average Bonchev–Trinajstić information content (AvgIpc) is 3.25. The summed E-state index contributed by atoms with van der Waals surface area (Å²) in [6.07, 6.45) is 1.34. The molecule has 2 heterocycles. The van der Waals surface area contributed by atoms with E-state index in [1.54, 1.807) is 12.0 Å². The van der Waals surface area contributed by atoms with Crippen LogP contribution in [0.2, 0.25) is 0 Å². The fourth-order valence-electron chi connectivity index (χ4n) is 4.04. The minimum absolute atomic E-state index is 0.0111. The predicted molar refractivity (Wildman–Crippen MR) is 116 cm³/mol. The maximum absolute atomic E-state index is 12.9. The van der Waals surface area contributed by atoms with Crippen LogP contribution in [-0.2, 0) is 4.74 Å². The second-order valence-electron chi connectivity index (χ2n) is 7.48. The second kappa shape index (κ2) is 9.18. The van der Waals surface area contributed by atoms with Crippen LogP contribution < -0.4 is 10.5 Å². The fraction of sp³-hybridized carbons (Fsp3) is 0.348. The maximum atomic E-state index is 12.9. The zero-order valence-electron chi connectivity index (χ0n) is 17.7. The van der Waals surface area contributed by atoms with Gasteiger partial charge in [0.2, 0.25) is 11.5 Å². The van der Waals surface area contributed by atoms with Crippen molar-refractivity contribution in [3.05, 3.63) is 59.8 Å². The standard InChI is InChI=1S/C23H26N4O4/c1-3-27(23(28)21-22(24)26-31-25-21)18-11-12-30-20(14-18)17-6-4-5-16(13-17)15-7-9-19(29-2)10-8-15/h4-10,13,18,20H,3,11-12,14H2,1-2H3,(H2,24,26)/t18-,20+/m0/s1. The third-order valence-corrected chi connectivity index (χ3v) is 5.70. The molecule has 1 aliphatic rings. The Morgan fingerprint density at radius 3 is 2.68 bits per heavy atom. The van der Waals surface area contributed by atoms with Gasteiger partial charge >= 0.3 is 0 Å². The number of ether oxygens (including phenoxy) is 2. The summed E-state index contributed by atoms with van der Waals surface area (Å²) in [7, 11) is 1.66. The summed E-state index contributed by atoms with van der Waals surface area (Å²) in [5.41, 5.74) is 9.09. The largest absolute Gasteiger partial charge is 0.497 e. The van der Waals surface area contributed by atoms with Gasteiger partial charge in [-0.1, -0.05) is 30.3 Å². The SMILES string of the molecule is CCN(C(=O)c1nonc1N)[C@H]1CCO[C@@H](c2cccc(-c3ccc(OC)cc3)c2)C1. The zero-order valence-corrected chi connectivity index (χ0v) is 17.7. The van der Waals surface area contributed by atoms with Crippen LogP contribution in [0.15, 0.2) is 53.2 Å². The lowest BCUT2D eigenvalue weighted by Crippen LogP contribution is -2.44. The molecule has 1 amide bonds. The maximum Gasteiger partial charge on any atom is 0.280 e. The number of rotatable bonds is 6. The van der Waals surface area contributed by atoms with Crippen LogP contribution in [0, 0.1) is 0 Å². The monoisotopic (exact) mass is 422 g/mol. The van der Waals surface area contributed by atoms with Gasteiger partial charge in [-0.3, -0.25) is 4.79 Å². The molecule has 31 heavy (non-hydrogen) atoms. The van der Waals surface area contributed by atoms with Crippen LogP contribution in [0.4, 0.5) is 5.82 Å². The third-order valence-electron chi connectivity index (χ3n) is 5.70. The van der Waals surface area contributed by atoms with E-state index in [0.717, 1.165) is 28.9 Å². The van der Waals surface area contributed by atoms with Crippen molar-refractivity contribution in [3.63, 3.8) is 0 Å². The van der Waals surface area contributed by atoms with E-state index in [0.29, 0.717) is 19.6 Å². The second-order valence-corrected chi connectivity index (χ2v) is 7.48. The van der Waals surface area contributed by atoms with Crippen LogP contribution in [0.5, 0.6) is 5.75 Å². The van der Waals surface area contributed by atoms with E-state index in [2.05, 4.69) is 33.1 Å². The lowest BCUT2D eigenvalue weighted by atomic mass is 9.93. The Bertz CT molecular complexity index is 1030. The molecule has 0 bridgehead atoms. The molecule has 0 saturated carbocycles. The molecule has 0 aliphatic carbocycles. The van der Waals surface area contributed by atoms with Crippen molar-refractivity contribution in [2.75, 3.05) is 26.0 Å². The third kappa shape index (κ3) is 4.39. The molecule has 3 aromatic rings. The van der Waals surface area contributed by atoms with Crippen LogP contribution in [0.3, 0.4) is 0 Å². The van der Waals surface area contributed by atoms with Gasteiger partial charge in [-0.2, -0.15) is 0 Å². The molecule has 0 radical (unpaired) electrons. The molecule has 0 unspecified atom stereocenters. The van der Waals surface area contributed by atoms with Crippen molar-refractivity contribution in [3.8, 4) is 16.9 Å². The molecule has 1 aliphatic heterocycles. The highest BCUT2D eigenvalue weighted by atomic mass is 16.6. The smallest absolute Gasteiger partial charge is 0.280 e. The van der Waals surface area contributed by atoms with Gasteiger partial charge in [-0.25, -0.2) is 4.63 Å². The molecule has 1 fully saturated rings. The van der Waals surface area contributed by atoms with Crippen molar-refractivity contribution in [1.82, 2.24) is 15.2 Å². The number of anilines is 1. The fourth-order valence-corrected chi connectivity index (χ4v) is 4.04. The number of benzene rings is 2. The Balaban J connectivity index is 1.52. The van der Waals surface area contributed by atoms with Crippen LogP contribution in [-0.4, -0.2) is 47.4 Å². The first kappa shape index (κ1) is 20.9. The van der Waals surface area contributed by atoms with Crippen molar-refractivity contribution < 1.29 is 18.9 Å². The van der Waals surface area contributed by atoms with Gasteiger partial charge in [0.05, 0.1) is 13.2 Å². The van der Waals surface area contributed by atoms with E-state index in [4.69, 9.17) is 15.2 Å². The molecule has 2 N–H and O–H groups in total. The van der Waals surface area contributed by atoms with Gasteiger partial charge in [0, 0.05) is 19.2 Å². The van der Waals surface area contributed by atoms with E-state index in [9.17, 15) is 4.79 Å². The molecule has 162 valence electrons. The molecule has 8 nitrogen and oxygen atoms in total. The number of nitrogen functional groups attached to an aromatic ring is 1. The number of methoxy groups -OCH3 is 1. The first-order valence-corrected chi connectivity index (χ1v) is 10.4. The molecule has 1 aromatic heterocycles. The van der Waals surface area contributed by atoms with Crippen LogP contribution in [0.1, 0.15) is 41.9 Å². The van der Waals surface area contributed by atoms with E-state index in [1.165, 1.54) is 0 Å². The highest BCUT2D eigenvalue weighted by Crippen LogP contribution is 2.33. The Kier molecular flexibility index (Phi) is 6.18. The number of hydrogen-bond acceptors (Lipinski definition) is 7. The lowest BCUT2D eigenvalue weighted by molar-refractivity contribution is -0.0233. The number of amides is 1. The number of carbonyl (C=O) groups is 1. The number of carbonyl (C=O) groups excluding carboxylic acids is 1. The van der Waals surface area contributed by atoms with E-state index >= 15 is 0 Å². The molecule has 0 spiro atoms. The van der Waals surface area contributed by atoms with Crippen molar-refractivity contribution in [2.24, 2.45) is 0 Å². The highest BCUT2D eigenvalue weighted by molar-refractivity contribution is 5.96. The number of nitrogens with two attached hydrogens (primary N) is 1. The molecule has 2 aromatic carbocycles. The Morgan fingerprint density at radius 2 is 2.00 bits per heavy atom. The number of hydrogen-bond donors (Lipinski definition) is 1. The van der Waals surface area contributed by atoms with Crippen molar-refractivity contribution in [2.45, 2.75) is 31.9 Å². The highest BCUT2D eigenvalue weighted by Gasteiger charge is 2.33. The molecular formula is C23H26N4O4. The lowest BCUT2D eigenvalue weighted by Gasteiger charge is -2.37. The first-order chi connectivity index (χ1) is 15.1. The van der Waals surface area contributed by atoms with Gasteiger partial charge in [0.1, 0.15) is 5.75 Å². The van der Waals surface area contributed by atoms with Crippen LogP contribution >= 0.6 is 0 Å². The summed E-state index contributed by atoms with van der Waals surface area (Å²) in [5.74, 6) is 0.573. The van der Waals surface area contributed by atoms with Crippen molar-refractivity contribution >= 4 is 11.7 Å². The number of nitrogens with zero attached hydrogens (tertiary/aromatic N) is 3. The first-order valence-electron chi connectivity index (χ1n) is 10.4. The molecule has 2 atom stereocenters. The van der Waals surface area contributed by atoms with E-state index in [1.807, 2.05) is 37.3 Å². The van der Waals surface area contributed by atoms with Gasteiger partial charge < -0.3 is 20.1 Å². The van der Waals surface area contributed by atoms with Crippen LogP contribution in [0.25, 0.3) is 11.1 Å². The summed E-state index contributed by atoms with van der Waals surface area (Å²) in [4.78, 5) is 14.7. The van der Waals surface area contributed by atoms with Crippen molar-refractivity contribution in [1.29, 1.82) is 0 Å². The quantitative estimate of drug-likeness (QED) is 0.646.